The third kappa shape index (κ3) is 4.08. The first-order chi connectivity index (χ1) is 13.3. The second kappa shape index (κ2) is 8.44. The van der Waals surface area contributed by atoms with E-state index in [-0.39, 0.29) is 0 Å². The Morgan fingerprint density at radius 1 is 0.926 bits per heavy atom. The van der Waals surface area contributed by atoms with Crippen molar-refractivity contribution in [3.63, 3.8) is 0 Å². The monoisotopic (exact) mass is 365 g/mol. The molecule has 0 amide bonds. The molecule has 1 aliphatic rings. The summed E-state index contributed by atoms with van der Waals surface area (Å²) in [5.41, 5.74) is 2.23. The smallest absolute Gasteiger partial charge is 0.161 e. The topological polar surface area (TPSA) is 39.5 Å². The molecule has 142 valence electrons. The van der Waals surface area contributed by atoms with Crippen LogP contribution in [0.4, 0.5) is 0 Å². The number of nitrogens with zero attached hydrogens (tertiary/aromatic N) is 3. The Bertz CT molecular complexity index is 884. The van der Waals surface area contributed by atoms with Crippen molar-refractivity contribution in [1.29, 1.82) is 0 Å². The Balaban J connectivity index is 1.51. The highest BCUT2D eigenvalue weighted by Crippen LogP contribution is 2.26. The number of benzene rings is 2. The quantitative estimate of drug-likeness (QED) is 0.632. The molecule has 0 spiro atoms. The molecule has 1 aliphatic heterocycles. The van der Waals surface area contributed by atoms with Crippen molar-refractivity contribution in [2.24, 2.45) is 0 Å². The van der Waals surface area contributed by atoms with Crippen LogP contribution in [0.1, 0.15) is 25.1 Å². The van der Waals surface area contributed by atoms with Gasteiger partial charge in [0.25, 0.3) is 0 Å². The van der Waals surface area contributed by atoms with Crippen LogP contribution in [0.25, 0.3) is 11.0 Å². The summed E-state index contributed by atoms with van der Waals surface area (Å²) in [7, 11) is 1.67. The fourth-order valence-electron chi connectivity index (χ4n) is 3.80. The fraction of sp³-hybridized carbons (Fsp3) is 0.409. The fourth-order valence-corrected chi connectivity index (χ4v) is 3.80. The number of para-hydroxylation sites is 4. The van der Waals surface area contributed by atoms with E-state index in [9.17, 15) is 0 Å². The summed E-state index contributed by atoms with van der Waals surface area (Å²) in [6, 6.07) is 16.1. The molecular weight excluding hydrogens is 338 g/mol. The standard InChI is InChI=1S/C22H27N3O2/c1-26-20-11-5-6-12-21(20)27-16-15-25-19-10-4-3-9-18(19)23-22(25)17-24-13-7-2-8-14-24/h3-6,9-12H,2,7-8,13-17H2,1H3. The van der Waals surface area contributed by atoms with Crippen LogP contribution in [0.2, 0.25) is 0 Å². The maximum absolute atomic E-state index is 6.01. The van der Waals surface area contributed by atoms with Gasteiger partial charge in [0, 0.05) is 0 Å². The zero-order valence-corrected chi connectivity index (χ0v) is 15.9. The number of methoxy groups -OCH3 is 1. The Morgan fingerprint density at radius 2 is 1.67 bits per heavy atom. The number of imidazole rings is 1. The second-order valence-electron chi connectivity index (χ2n) is 7.00. The molecule has 5 heteroatoms. The average molecular weight is 365 g/mol. The van der Waals surface area contributed by atoms with Crippen LogP contribution in [0.15, 0.2) is 48.5 Å². The lowest BCUT2D eigenvalue weighted by molar-refractivity contribution is 0.211. The van der Waals surface area contributed by atoms with E-state index in [1.807, 2.05) is 24.3 Å². The first kappa shape index (κ1) is 17.9. The lowest BCUT2D eigenvalue weighted by atomic mass is 10.1. The minimum absolute atomic E-state index is 0.577. The first-order valence-corrected chi connectivity index (χ1v) is 9.77. The molecule has 0 N–H and O–H groups in total. The number of aromatic nitrogens is 2. The van der Waals surface area contributed by atoms with E-state index < -0.39 is 0 Å². The molecule has 0 bridgehead atoms. The zero-order valence-electron chi connectivity index (χ0n) is 15.9. The lowest BCUT2D eigenvalue weighted by Gasteiger charge is -2.26. The summed E-state index contributed by atoms with van der Waals surface area (Å²) in [4.78, 5) is 7.42. The molecule has 0 saturated carbocycles. The van der Waals surface area contributed by atoms with Gasteiger partial charge >= 0.3 is 0 Å². The van der Waals surface area contributed by atoms with Gasteiger partial charge in [0.2, 0.25) is 0 Å². The van der Waals surface area contributed by atoms with Crippen molar-refractivity contribution in [2.75, 3.05) is 26.8 Å². The number of rotatable bonds is 7. The van der Waals surface area contributed by atoms with E-state index in [0.717, 1.165) is 35.9 Å². The summed E-state index contributed by atoms with van der Waals surface area (Å²) in [6.07, 6.45) is 3.92. The molecule has 1 saturated heterocycles. The summed E-state index contributed by atoms with van der Waals surface area (Å²) in [5, 5.41) is 0. The van der Waals surface area contributed by atoms with Crippen molar-refractivity contribution >= 4 is 11.0 Å². The highest BCUT2D eigenvalue weighted by molar-refractivity contribution is 5.75. The maximum atomic E-state index is 6.01. The number of piperidine rings is 1. The van der Waals surface area contributed by atoms with E-state index in [0.29, 0.717) is 6.61 Å². The van der Waals surface area contributed by atoms with Gasteiger partial charge in [-0.05, 0) is 50.2 Å². The van der Waals surface area contributed by atoms with Gasteiger partial charge in [0.05, 0.1) is 31.2 Å². The normalized spacial score (nSPS) is 15.1. The molecule has 1 aromatic heterocycles. The van der Waals surface area contributed by atoms with Gasteiger partial charge in [-0.2, -0.15) is 0 Å². The third-order valence-corrected chi connectivity index (χ3v) is 5.19. The molecular formula is C22H27N3O2. The van der Waals surface area contributed by atoms with Crippen LogP contribution >= 0.6 is 0 Å². The second-order valence-corrected chi connectivity index (χ2v) is 7.00. The minimum atomic E-state index is 0.577. The largest absolute Gasteiger partial charge is 0.493 e. The number of ether oxygens (including phenoxy) is 2. The SMILES string of the molecule is COc1ccccc1OCCn1c(CN2CCCCC2)nc2ccccc21. The van der Waals surface area contributed by atoms with E-state index in [1.165, 1.54) is 37.9 Å². The highest BCUT2D eigenvalue weighted by Gasteiger charge is 2.16. The maximum Gasteiger partial charge on any atom is 0.161 e. The summed E-state index contributed by atoms with van der Waals surface area (Å²) in [5.74, 6) is 2.67. The Kier molecular flexibility index (Phi) is 5.58. The van der Waals surface area contributed by atoms with Crippen LogP contribution in [-0.4, -0.2) is 41.3 Å². The molecule has 5 nitrogen and oxygen atoms in total. The molecule has 4 rings (SSSR count). The Hall–Kier alpha value is -2.53. The highest BCUT2D eigenvalue weighted by atomic mass is 16.5. The summed E-state index contributed by atoms with van der Waals surface area (Å²) in [6.45, 7) is 4.58. The predicted octanol–water partition coefficient (Wildman–Crippen LogP) is 4.11. The molecule has 2 aromatic carbocycles. The number of hydrogen-bond acceptors (Lipinski definition) is 4. The van der Waals surface area contributed by atoms with Gasteiger partial charge in [0.1, 0.15) is 12.4 Å². The van der Waals surface area contributed by atoms with Crippen molar-refractivity contribution in [3.8, 4) is 11.5 Å². The van der Waals surface area contributed by atoms with E-state index >= 15 is 0 Å². The van der Waals surface area contributed by atoms with Gasteiger partial charge in [0.15, 0.2) is 11.5 Å². The zero-order chi connectivity index (χ0) is 18.5. The van der Waals surface area contributed by atoms with Gasteiger partial charge in [-0.25, -0.2) is 4.98 Å². The number of fused-ring (bicyclic) bond motifs is 1. The van der Waals surface area contributed by atoms with Crippen molar-refractivity contribution in [1.82, 2.24) is 14.5 Å². The van der Waals surface area contributed by atoms with E-state index in [1.54, 1.807) is 7.11 Å². The van der Waals surface area contributed by atoms with Crippen molar-refractivity contribution in [3.05, 3.63) is 54.4 Å². The molecule has 0 radical (unpaired) electrons. The van der Waals surface area contributed by atoms with Gasteiger partial charge in [-0.3, -0.25) is 4.90 Å². The van der Waals surface area contributed by atoms with Crippen LogP contribution in [0, 0.1) is 0 Å². The Morgan fingerprint density at radius 3 is 2.48 bits per heavy atom. The third-order valence-electron chi connectivity index (χ3n) is 5.19. The predicted molar refractivity (Wildman–Crippen MR) is 107 cm³/mol. The van der Waals surface area contributed by atoms with Crippen molar-refractivity contribution in [2.45, 2.75) is 32.4 Å². The van der Waals surface area contributed by atoms with Crippen LogP contribution in [-0.2, 0) is 13.1 Å². The number of hydrogen-bond donors (Lipinski definition) is 0. The molecule has 3 aromatic rings. The van der Waals surface area contributed by atoms with Gasteiger partial charge in [-0.15, -0.1) is 0 Å². The summed E-state index contributed by atoms with van der Waals surface area (Å²) < 4.78 is 13.7. The minimum Gasteiger partial charge on any atom is -0.493 e. The van der Waals surface area contributed by atoms with Crippen LogP contribution in [0.3, 0.4) is 0 Å². The molecule has 1 fully saturated rings. The first-order valence-electron chi connectivity index (χ1n) is 9.77. The van der Waals surface area contributed by atoms with Crippen molar-refractivity contribution < 1.29 is 9.47 Å². The van der Waals surface area contributed by atoms with Crippen LogP contribution in [0.5, 0.6) is 11.5 Å². The summed E-state index contributed by atoms with van der Waals surface area (Å²) >= 11 is 0. The van der Waals surface area contributed by atoms with Gasteiger partial charge < -0.3 is 14.0 Å². The molecule has 0 unspecified atom stereocenters. The molecule has 0 aliphatic carbocycles. The number of likely N-dealkylation sites (tertiary alicyclic amines) is 1. The molecule has 2 heterocycles. The average Bonchev–Trinajstić information content (AvgIpc) is 3.06. The lowest BCUT2D eigenvalue weighted by Crippen LogP contribution is -2.30. The van der Waals surface area contributed by atoms with Crippen LogP contribution < -0.4 is 9.47 Å². The Labute approximate surface area is 160 Å². The molecule has 0 atom stereocenters. The molecule has 27 heavy (non-hydrogen) atoms. The van der Waals surface area contributed by atoms with E-state index in [4.69, 9.17) is 14.5 Å². The van der Waals surface area contributed by atoms with E-state index in [2.05, 4.69) is 33.7 Å². The van der Waals surface area contributed by atoms with Gasteiger partial charge in [-0.1, -0.05) is 30.7 Å².